The fourth-order valence-corrected chi connectivity index (χ4v) is 3.38. The quantitative estimate of drug-likeness (QED) is 0.0432. The van der Waals surface area contributed by atoms with Crippen LogP contribution in [0.5, 0.6) is 0 Å². The molecule has 20 heteroatoms. The first kappa shape index (κ1) is 56.6. The molecule has 0 fully saturated rings. The van der Waals surface area contributed by atoms with Crippen molar-refractivity contribution in [3.63, 3.8) is 0 Å². The summed E-state index contributed by atoms with van der Waals surface area (Å²) in [5.74, 6) is -2.44. The van der Waals surface area contributed by atoms with Gasteiger partial charge in [0.15, 0.2) is 0 Å². The molecule has 4 rings (SSSR count). The average Bonchev–Trinajstić information content (AvgIpc) is 3.07. The Morgan fingerprint density at radius 2 is 1.28 bits per heavy atom. The molecular formula is C34H42Cl3IN6O9Pd. The molecule has 7 N–H and O–H groups in total. The van der Waals surface area contributed by atoms with Crippen molar-refractivity contribution < 1.29 is 59.3 Å². The number of rotatable bonds is 5. The number of carboxylic acid groups (broad SMARTS) is 2. The molecule has 0 aliphatic heterocycles. The molecule has 4 heterocycles. The Morgan fingerprint density at radius 3 is 1.70 bits per heavy atom. The molecule has 0 radical (unpaired) electrons. The molecule has 0 unspecified atom stereocenters. The number of pyridine rings is 4. The number of carboxylic acids is 2. The van der Waals surface area contributed by atoms with E-state index < -0.39 is 17.9 Å². The van der Waals surface area contributed by atoms with Gasteiger partial charge in [-0.2, -0.15) is 0 Å². The van der Waals surface area contributed by atoms with Gasteiger partial charge in [-0.3, -0.25) is 14.4 Å². The summed E-state index contributed by atoms with van der Waals surface area (Å²) in [6, 6.07) is 7.93. The first-order chi connectivity index (χ1) is 24.9. The number of fused-ring (bicyclic) bond motifs is 1. The van der Waals surface area contributed by atoms with E-state index in [1.165, 1.54) is 30.5 Å². The molecule has 4 aromatic rings. The normalized spacial score (nSPS) is 8.85. The van der Waals surface area contributed by atoms with E-state index in [9.17, 15) is 14.4 Å². The fraction of sp³-hybridized carbons (Fsp3) is 0.235. The molecule has 4 aromatic heterocycles. The molecule has 54 heavy (non-hydrogen) atoms. The summed E-state index contributed by atoms with van der Waals surface area (Å²) in [5, 5.41) is 16.8. The molecule has 0 aromatic carbocycles. The van der Waals surface area contributed by atoms with Gasteiger partial charge in [0, 0.05) is 93.4 Å². The SMILES string of the molecule is C=CC(=O)OCC.CC.CC(=O)O.CC(=O)O.CCOC(=O)/C=C/c1cnc(Cl)cc1N.Nc1cc(Cl)ncc1I.O=c1ccc2cnc(Cl)cc2[nH]1.[Pd]. The maximum absolute atomic E-state index is 11.0. The molecule has 0 aliphatic rings. The number of carbonyl (C=O) groups excluding carboxylic acids is 2. The van der Waals surface area contributed by atoms with Gasteiger partial charge in [0.05, 0.1) is 22.3 Å². The molecule has 0 atom stereocenters. The number of nitrogen functional groups attached to an aromatic ring is 2. The zero-order chi connectivity index (χ0) is 41.5. The number of aromatic amines is 1. The zero-order valence-corrected chi connectivity index (χ0v) is 36.0. The van der Waals surface area contributed by atoms with Crippen LogP contribution in [-0.2, 0) is 49.1 Å². The van der Waals surface area contributed by atoms with Crippen LogP contribution >= 0.6 is 57.4 Å². The number of H-pyrrole nitrogens is 1. The van der Waals surface area contributed by atoms with E-state index in [-0.39, 0.29) is 32.0 Å². The average molecular weight is 1020 g/mol. The number of ether oxygens (including phenoxy) is 2. The Hall–Kier alpha value is -4.12. The molecule has 15 nitrogen and oxygen atoms in total. The number of nitrogens with zero attached hydrogens (tertiary/aromatic N) is 3. The molecule has 300 valence electrons. The Morgan fingerprint density at radius 1 is 0.833 bits per heavy atom. The second-order valence-corrected chi connectivity index (χ2v) is 11.0. The number of nitrogens with two attached hydrogens (primary N) is 2. The van der Waals surface area contributed by atoms with Gasteiger partial charge >= 0.3 is 11.9 Å². The minimum absolute atomic E-state index is 0. The Balaban J connectivity index is -0.000000290. The fourth-order valence-electron chi connectivity index (χ4n) is 2.59. The first-order valence-electron chi connectivity index (χ1n) is 15.0. The van der Waals surface area contributed by atoms with Gasteiger partial charge in [-0.1, -0.05) is 55.2 Å². The summed E-state index contributed by atoms with van der Waals surface area (Å²) >= 11 is 18.9. The predicted octanol–water partition coefficient (Wildman–Crippen LogP) is 7.33. The van der Waals surface area contributed by atoms with Gasteiger partial charge < -0.3 is 36.1 Å². The molecule has 0 saturated carbocycles. The maximum atomic E-state index is 11.0. The smallest absolute Gasteiger partial charge is 0.330 e. The largest absolute Gasteiger partial charge is 0.481 e. The van der Waals surface area contributed by atoms with Crippen LogP contribution in [0.1, 0.15) is 47.1 Å². The summed E-state index contributed by atoms with van der Waals surface area (Å²) in [7, 11) is 0. The second kappa shape index (κ2) is 34.6. The van der Waals surface area contributed by atoms with E-state index >= 15 is 0 Å². The summed E-state index contributed by atoms with van der Waals surface area (Å²) in [6.07, 6.45) is 8.73. The van der Waals surface area contributed by atoms with Crippen LogP contribution in [0.3, 0.4) is 0 Å². The minimum atomic E-state index is -0.833. The third-order valence-electron chi connectivity index (χ3n) is 4.50. The van der Waals surface area contributed by atoms with Gasteiger partial charge in [-0.05, 0) is 66.8 Å². The topological polar surface area (TPSA) is 251 Å². The van der Waals surface area contributed by atoms with Crippen molar-refractivity contribution in [2.75, 3.05) is 24.7 Å². The number of esters is 2. The van der Waals surface area contributed by atoms with Crippen molar-refractivity contribution in [3.05, 3.63) is 103 Å². The van der Waals surface area contributed by atoms with E-state index in [0.29, 0.717) is 51.1 Å². The van der Waals surface area contributed by atoms with Crippen LogP contribution in [0.15, 0.2) is 72.4 Å². The van der Waals surface area contributed by atoms with Gasteiger partial charge in [0.2, 0.25) is 5.56 Å². The van der Waals surface area contributed by atoms with Crippen molar-refractivity contribution in [1.29, 1.82) is 0 Å². The third-order valence-corrected chi connectivity index (χ3v) is 6.02. The van der Waals surface area contributed by atoms with E-state index in [1.54, 1.807) is 44.4 Å². The number of carbonyl (C=O) groups is 4. The van der Waals surface area contributed by atoms with Gasteiger partial charge in [0.25, 0.3) is 11.9 Å². The molecular weight excluding hydrogens is 976 g/mol. The van der Waals surface area contributed by atoms with E-state index in [1.807, 2.05) is 13.8 Å². The molecule has 0 bridgehead atoms. The standard InChI is InChI=1S/C10H11ClN2O2.C8H5ClN2O.C5H4ClIN2.C5H8O2.2C2H4O2.C2H6.Pd/c1-2-15-10(14)4-3-7-6-13-9(11)5-8(7)12;9-7-3-6-5(4-10-7)1-2-8(12)11-6;6-5-1-4(8)3(7)2-9-5;1-3-5(6)7-4-2;2*1-2(3)4;1-2;/h3-6H,2H2,1H3,(H2,12,13);1-4H,(H,11,12);1-2H,(H2,8,9);3H,1,4H2,2H3;2*1H3,(H,3,4);1-2H3;/b4-3+;;;;;;;. The summed E-state index contributed by atoms with van der Waals surface area (Å²) < 4.78 is 10.1. The summed E-state index contributed by atoms with van der Waals surface area (Å²) in [5.41, 5.74) is 13.5. The monoisotopic (exact) mass is 1020 g/mol. The number of hydrogen-bond donors (Lipinski definition) is 5. The predicted molar refractivity (Wildman–Crippen MR) is 218 cm³/mol. The van der Waals surface area contributed by atoms with Crippen molar-refractivity contribution >= 4 is 110 Å². The third kappa shape index (κ3) is 32.5. The summed E-state index contributed by atoms with van der Waals surface area (Å²) in [6.45, 7) is 13.6. The van der Waals surface area contributed by atoms with Gasteiger partial charge in [0.1, 0.15) is 15.5 Å². The van der Waals surface area contributed by atoms with Crippen molar-refractivity contribution in [2.24, 2.45) is 0 Å². The van der Waals surface area contributed by atoms with Crippen molar-refractivity contribution in [3.8, 4) is 0 Å². The van der Waals surface area contributed by atoms with Crippen LogP contribution in [0, 0.1) is 3.57 Å². The van der Waals surface area contributed by atoms with Crippen LogP contribution in [-0.4, -0.2) is 67.2 Å². The van der Waals surface area contributed by atoms with Crippen LogP contribution in [0.4, 0.5) is 11.4 Å². The molecule has 0 saturated heterocycles. The Bertz CT molecular complexity index is 1810. The Kier molecular flexibility index (Phi) is 36.3. The molecule has 0 spiro atoms. The van der Waals surface area contributed by atoms with Gasteiger partial charge in [-0.15, -0.1) is 0 Å². The number of halogens is 4. The molecule has 0 amide bonds. The number of anilines is 2. The number of nitrogens with one attached hydrogen (secondary N) is 1. The minimum Gasteiger partial charge on any atom is -0.481 e. The summed E-state index contributed by atoms with van der Waals surface area (Å²) in [4.78, 5) is 64.1. The number of aliphatic carboxylic acids is 2. The Labute approximate surface area is 355 Å². The molecule has 0 aliphatic carbocycles. The van der Waals surface area contributed by atoms with Crippen LogP contribution in [0.25, 0.3) is 17.0 Å². The van der Waals surface area contributed by atoms with E-state index in [0.717, 1.165) is 28.9 Å². The van der Waals surface area contributed by atoms with Gasteiger partial charge in [-0.25, -0.2) is 24.5 Å². The van der Waals surface area contributed by atoms with Crippen LogP contribution < -0.4 is 17.0 Å². The van der Waals surface area contributed by atoms with Crippen molar-refractivity contribution in [1.82, 2.24) is 19.9 Å². The maximum Gasteiger partial charge on any atom is 0.330 e. The number of hydrogen-bond acceptors (Lipinski definition) is 12. The number of aromatic nitrogens is 4. The van der Waals surface area contributed by atoms with Crippen LogP contribution in [0.2, 0.25) is 15.5 Å². The van der Waals surface area contributed by atoms with E-state index in [2.05, 4.69) is 53.8 Å². The second-order valence-electron chi connectivity index (χ2n) is 8.66. The first-order valence-corrected chi connectivity index (χ1v) is 17.2. The van der Waals surface area contributed by atoms with E-state index in [4.69, 9.17) is 70.8 Å². The zero-order valence-electron chi connectivity index (χ0n) is 30.0. The van der Waals surface area contributed by atoms with Crippen molar-refractivity contribution in [2.45, 2.75) is 41.5 Å².